The lowest BCUT2D eigenvalue weighted by Gasteiger charge is -2.02. The smallest absolute Gasteiger partial charge is 0.298 e. The number of carbonyl (C=O) groups is 1. The van der Waals surface area contributed by atoms with Crippen molar-refractivity contribution in [3.05, 3.63) is 33.4 Å². The van der Waals surface area contributed by atoms with Gasteiger partial charge in [0.2, 0.25) is 0 Å². The van der Waals surface area contributed by atoms with E-state index < -0.39 is 34.2 Å². The molecule has 0 aliphatic carbocycles. The zero-order valence-corrected chi connectivity index (χ0v) is 6.99. The number of aldehydes is 1. The summed E-state index contributed by atoms with van der Waals surface area (Å²) in [5.41, 5.74) is -2.91. The molecule has 0 saturated heterocycles. The first-order chi connectivity index (χ1) is 6.97. The summed E-state index contributed by atoms with van der Waals surface area (Å²) in [6, 6.07) is 0.427. The van der Waals surface area contributed by atoms with E-state index in [1.165, 1.54) is 0 Å². The van der Waals surface area contributed by atoms with Gasteiger partial charge in [-0.1, -0.05) is 0 Å². The first-order valence-electron chi connectivity index (χ1n) is 3.55. The Morgan fingerprint density at radius 3 is 2.53 bits per heavy atom. The van der Waals surface area contributed by atoms with Crippen LogP contribution in [0, 0.1) is 16.1 Å². The normalized spacial score (nSPS) is 10.4. The Balaban J connectivity index is 3.42. The summed E-state index contributed by atoms with van der Waals surface area (Å²) in [6.07, 6.45) is -3.21. The van der Waals surface area contributed by atoms with Gasteiger partial charge in [0.15, 0.2) is 6.29 Å². The molecule has 0 spiro atoms. The minimum absolute atomic E-state index is 0.0407. The van der Waals surface area contributed by atoms with Crippen molar-refractivity contribution in [2.45, 2.75) is 6.43 Å². The summed E-state index contributed by atoms with van der Waals surface area (Å²) in [6.45, 7) is 0. The van der Waals surface area contributed by atoms with Crippen molar-refractivity contribution in [3.63, 3.8) is 0 Å². The van der Waals surface area contributed by atoms with Gasteiger partial charge in [0, 0.05) is 11.6 Å². The van der Waals surface area contributed by atoms with Crippen LogP contribution in [0.3, 0.4) is 0 Å². The SMILES string of the molecule is O=Cc1cc([N+](=O)[O-])c(F)nc1C(F)F. The zero-order chi connectivity index (χ0) is 11.6. The Kier molecular flexibility index (Phi) is 2.98. The predicted octanol–water partition coefficient (Wildman–Crippen LogP) is 1.88. The molecule has 1 heterocycles. The van der Waals surface area contributed by atoms with Gasteiger partial charge in [0.1, 0.15) is 5.69 Å². The third-order valence-corrected chi connectivity index (χ3v) is 1.55. The molecule has 15 heavy (non-hydrogen) atoms. The topological polar surface area (TPSA) is 73.1 Å². The second kappa shape index (κ2) is 4.03. The van der Waals surface area contributed by atoms with Gasteiger partial charge in [-0.25, -0.2) is 13.8 Å². The fourth-order valence-corrected chi connectivity index (χ4v) is 0.906. The highest BCUT2D eigenvalue weighted by Gasteiger charge is 2.23. The number of aromatic nitrogens is 1. The van der Waals surface area contributed by atoms with Crippen molar-refractivity contribution in [1.82, 2.24) is 4.98 Å². The standard InChI is InChI=1S/C7H3F3N2O3/c8-6(9)5-3(2-13)1-4(12(14)15)7(10)11-5/h1-2,6H. The summed E-state index contributed by atoms with van der Waals surface area (Å²) in [5.74, 6) is -1.64. The van der Waals surface area contributed by atoms with E-state index in [9.17, 15) is 28.1 Å². The second-order valence-corrected chi connectivity index (χ2v) is 2.45. The minimum atomic E-state index is -3.17. The molecule has 0 fully saturated rings. The lowest BCUT2D eigenvalue weighted by atomic mass is 10.2. The summed E-state index contributed by atoms with van der Waals surface area (Å²) in [4.78, 5) is 22.0. The average molecular weight is 220 g/mol. The molecule has 8 heteroatoms. The van der Waals surface area contributed by atoms with E-state index in [0.29, 0.717) is 6.07 Å². The van der Waals surface area contributed by atoms with E-state index in [2.05, 4.69) is 4.98 Å². The molecule has 0 atom stereocenters. The van der Waals surface area contributed by atoms with Gasteiger partial charge in [-0.05, 0) is 0 Å². The number of rotatable bonds is 3. The van der Waals surface area contributed by atoms with E-state index >= 15 is 0 Å². The number of nitro groups is 1. The number of hydrogen-bond donors (Lipinski definition) is 0. The number of carbonyl (C=O) groups excluding carboxylic acids is 1. The molecule has 0 aliphatic rings. The number of hydrogen-bond acceptors (Lipinski definition) is 4. The maximum absolute atomic E-state index is 12.8. The van der Waals surface area contributed by atoms with Crippen LogP contribution in [0.25, 0.3) is 0 Å². The van der Waals surface area contributed by atoms with Gasteiger partial charge >= 0.3 is 5.69 Å². The largest absolute Gasteiger partial charge is 0.324 e. The number of nitrogens with zero attached hydrogens (tertiary/aromatic N) is 2. The fourth-order valence-electron chi connectivity index (χ4n) is 0.906. The van der Waals surface area contributed by atoms with Crippen LogP contribution in [0.1, 0.15) is 22.5 Å². The lowest BCUT2D eigenvalue weighted by Crippen LogP contribution is -2.04. The average Bonchev–Trinajstić information content (AvgIpc) is 2.16. The first-order valence-corrected chi connectivity index (χ1v) is 3.55. The molecule has 0 aromatic carbocycles. The van der Waals surface area contributed by atoms with Gasteiger partial charge in [0.05, 0.1) is 4.92 Å². The van der Waals surface area contributed by atoms with E-state index in [-0.39, 0.29) is 6.29 Å². The molecule has 1 aromatic rings. The Hall–Kier alpha value is -1.99. The molecule has 0 saturated carbocycles. The summed E-state index contributed by atoms with van der Waals surface area (Å²) in [5, 5.41) is 10.2. The van der Waals surface area contributed by atoms with Crippen molar-refractivity contribution in [2.75, 3.05) is 0 Å². The maximum Gasteiger partial charge on any atom is 0.324 e. The highest BCUT2D eigenvalue weighted by atomic mass is 19.3. The van der Waals surface area contributed by atoms with E-state index in [4.69, 9.17) is 0 Å². The van der Waals surface area contributed by atoms with Gasteiger partial charge in [-0.3, -0.25) is 14.9 Å². The summed E-state index contributed by atoms with van der Waals surface area (Å²) >= 11 is 0. The number of alkyl halides is 2. The van der Waals surface area contributed by atoms with Crippen molar-refractivity contribution in [3.8, 4) is 0 Å². The highest BCUT2D eigenvalue weighted by molar-refractivity contribution is 5.77. The molecule has 0 radical (unpaired) electrons. The first kappa shape index (κ1) is 11.1. The van der Waals surface area contributed by atoms with E-state index in [0.717, 1.165) is 0 Å². The maximum atomic E-state index is 12.8. The third-order valence-electron chi connectivity index (χ3n) is 1.55. The van der Waals surface area contributed by atoms with Gasteiger partial charge in [-0.15, -0.1) is 0 Å². The molecule has 1 aromatic heterocycles. The fraction of sp³-hybridized carbons (Fsp3) is 0.143. The molecule has 0 bridgehead atoms. The Bertz CT molecular complexity index is 422. The molecule has 80 valence electrons. The van der Waals surface area contributed by atoms with Crippen molar-refractivity contribution in [2.24, 2.45) is 0 Å². The Morgan fingerprint density at radius 1 is 1.53 bits per heavy atom. The molecular formula is C7H3F3N2O3. The molecule has 0 aliphatic heterocycles. The molecule has 0 N–H and O–H groups in total. The summed E-state index contributed by atoms with van der Waals surface area (Å²) in [7, 11) is 0. The van der Waals surface area contributed by atoms with Gasteiger partial charge in [-0.2, -0.15) is 4.39 Å². The van der Waals surface area contributed by atoms with Crippen LogP contribution in [0.15, 0.2) is 6.07 Å². The molecular weight excluding hydrogens is 217 g/mol. The predicted molar refractivity (Wildman–Crippen MR) is 41.2 cm³/mol. The van der Waals surface area contributed by atoms with E-state index in [1.807, 2.05) is 0 Å². The van der Waals surface area contributed by atoms with Crippen LogP contribution in [0.5, 0.6) is 0 Å². The second-order valence-electron chi connectivity index (χ2n) is 2.45. The quantitative estimate of drug-likeness (QED) is 0.337. The third kappa shape index (κ3) is 2.09. The van der Waals surface area contributed by atoms with Crippen LogP contribution in [-0.4, -0.2) is 16.2 Å². The van der Waals surface area contributed by atoms with Crippen molar-refractivity contribution >= 4 is 12.0 Å². The monoisotopic (exact) mass is 220 g/mol. The minimum Gasteiger partial charge on any atom is -0.298 e. The van der Waals surface area contributed by atoms with Crippen LogP contribution >= 0.6 is 0 Å². The van der Waals surface area contributed by atoms with Crippen molar-refractivity contribution in [1.29, 1.82) is 0 Å². The van der Waals surface area contributed by atoms with Gasteiger partial charge < -0.3 is 0 Å². The Labute approximate surface area is 80.7 Å². The number of pyridine rings is 1. The van der Waals surface area contributed by atoms with Crippen molar-refractivity contribution < 1.29 is 22.9 Å². The molecule has 0 amide bonds. The molecule has 1 rings (SSSR count). The van der Waals surface area contributed by atoms with Crippen LogP contribution in [0.2, 0.25) is 0 Å². The number of halogens is 3. The highest BCUT2D eigenvalue weighted by Crippen LogP contribution is 2.25. The zero-order valence-electron chi connectivity index (χ0n) is 6.99. The van der Waals surface area contributed by atoms with E-state index in [1.54, 1.807) is 0 Å². The van der Waals surface area contributed by atoms with Crippen LogP contribution < -0.4 is 0 Å². The molecule has 5 nitrogen and oxygen atoms in total. The van der Waals surface area contributed by atoms with Crippen LogP contribution in [-0.2, 0) is 0 Å². The van der Waals surface area contributed by atoms with Gasteiger partial charge in [0.25, 0.3) is 12.4 Å². The summed E-state index contributed by atoms with van der Waals surface area (Å²) < 4.78 is 37.1. The van der Waals surface area contributed by atoms with Crippen LogP contribution in [0.4, 0.5) is 18.9 Å². The Morgan fingerprint density at radius 2 is 2.13 bits per heavy atom. The molecule has 0 unspecified atom stereocenters. The lowest BCUT2D eigenvalue weighted by molar-refractivity contribution is -0.388.